The van der Waals surface area contributed by atoms with Crippen molar-refractivity contribution in [2.24, 2.45) is 0 Å². The van der Waals surface area contributed by atoms with E-state index in [4.69, 9.17) is 0 Å². The number of sulfonamides is 1. The van der Waals surface area contributed by atoms with Crippen molar-refractivity contribution in [3.8, 4) is 11.8 Å². The number of rotatable bonds is 5. The second-order valence-corrected chi connectivity index (χ2v) is 10.3. The molecule has 3 atom stereocenters. The lowest BCUT2D eigenvalue weighted by molar-refractivity contribution is -0.158. The number of fused-ring (bicyclic) bond motifs is 1. The topological polar surface area (TPSA) is 77.9 Å². The van der Waals surface area contributed by atoms with Crippen molar-refractivity contribution >= 4 is 15.9 Å². The van der Waals surface area contributed by atoms with Crippen molar-refractivity contribution in [1.82, 2.24) is 9.21 Å². The number of nitrogens with zero attached hydrogens (tertiary/aromatic N) is 2. The van der Waals surface area contributed by atoms with Crippen LogP contribution in [0.4, 0.5) is 0 Å². The fourth-order valence-electron chi connectivity index (χ4n) is 4.72. The molecule has 168 valence electrons. The van der Waals surface area contributed by atoms with Gasteiger partial charge in [-0.25, -0.2) is 8.42 Å². The van der Waals surface area contributed by atoms with Crippen LogP contribution in [0.2, 0.25) is 0 Å². The zero-order valence-corrected chi connectivity index (χ0v) is 19.2. The summed E-state index contributed by atoms with van der Waals surface area (Å²) >= 11 is 0. The molecule has 2 saturated heterocycles. The smallest absolute Gasteiger partial charge is 0.243 e. The van der Waals surface area contributed by atoms with E-state index in [0.717, 1.165) is 24.0 Å². The van der Waals surface area contributed by atoms with Crippen LogP contribution in [-0.4, -0.2) is 60.4 Å². The monoisotopic (exact) mass is 452 g/mol. The summed E-state index contributed by atoms with van der Waals surface area (Å²) in [5, 5.41) is 9.96. The van der Waals surface area contributed by atoms with E-state index in [1.807, 2.05) is 24.3 Å². The van der Waals surface area contributed by atoms with Crippen molar-refractivity contribution in [3.63, 3.8) is 0 Å². The first-order chi connectivity index (χ1) is 15.4. The molecule has 0 spiro atoms. The predicted octanol–water partition coefficient (Wildman–Crippen LogP) is 2.51. The third-order valence-corrected chi connectivity index (χ3v) is 8.31. The standard InChI is InChI=1S/C25H28N2O4S/c1-3-4-5-9-19-11-13-20(14-12-19)25-21-15-26(16-24(29)27(21)22(25)17-28)32(30,31)23-10-7-6-8-18(23)2/h6-8,10-14,21-22,25,28H,3-4,15-17H2,1-2H3/t21-,22+,25+/m0/s1. The average Bonchev–Trinajstić information content (AvgIpc) is 2.76. The fourth-order valence-corrected chi connectivity index (χ4v) is 6.35. The van der Waals surface area contributed by atoms with Crippen molar-refractivity contribution < 1.29 is 18.3 Å². The van der Waals surface area contributed by atoms with Crippen molar-refractivity contribution in [1.29, 1.82) is 0 Å². The molecule has 6 nitrogen and oxygen atoms in total. The second-order valence-electron chi connectivity index (χ2n) is 8.38. The summed E-state index contributed by atoms with van der Waals surface area (Å²) in [4.78, 5) is 14.8. The summed E-state index contributed by atoms with van der Waals surface area (Å²) in [6, 6.07) is 14.0. The minimum absolute atomic E-state index is 0.128. The van der Waals surface area contributed by atoms with Gasteiger partial charge in [0.05, 0.1) is 30.1 Å². The van der Waals surface area contributed by atoms with Crippen LogP contribution in [-0.2, 0) is 14.8 Å². The Kier molecular flexibility index (Phi) is 6.38. The molecule has 2 aromatic carbocycles. The largest absolute Gasteiger partial charge is 0.394 e. The molecule has 7 heteroatoms. The molecule has 0 unspecified atom stereocenters. The highest BCUT2D eigenvalue weighted by Crippen LogP contribution is 2.43. The second kappa shape index (κ2) is 9.07. The lowest BCUT2D eigenvalue weighted by Gasteiger charge is -2.58. The van der Waals surface area contributed by atoms with Gasteiger partial charge in [-0.05, 0) is 42.7 Å². The summed E-state index contributed by atoms with van der Waals surface area (Å²) < 4.78 is 27.9. The SMILES string of the molecule is CCCC#Cc1ccc([C@H]2[C@@H](CO)N3C(=O)CN(S(=O)(=O)c4ccccc4C)C[C@@H]23)cc1. The number of aliphatic hydroxyl groups excluding tert-OH is 1. The number of piperazine rings is 1. The minimum Gasteiger partial charge on any atom is -0.394 e. The molecule has 2 fully saturated rings. The molecule has 0 aromatic heterocycles. The Labute approximate surface area is 189 Å². The maximum atomic E-state index is 13.3. The molecule has 1 N–H and O–H groups in total. The highest BCUT2D eigenvalue weighted by molar-refractivity contribution is 7.89. The first kappa shape index (κ1) is 22.5. The molecule has 2 heterocycles. The van der Waals surface area contributed by atoms with E-state index in [-0.39, 0.29) is 48.5 Å². The van der Waals surface area contributed by atoms with Crippen molar-refractivity contribution in [3.05, 3.63) is 65.2 Å². The van der Waals surface area contributed by atoms with Gasteiger partial charge in [-0.3, -0.25) is 4.79 Å². The molecule has 0 aliphatic carbocycles. The molecule has 1 amide bonds. The van der Waals surface area contributed by atoms with Gasteiger partial charge in [0.15, 0.2) is 0 Å². The number of aryl methyl sites for hydroxylation is 1. The summed E-state index contributed by atoms with van der Waals surface area (Å²) in [5.41, 5.74) is 2.55. The zero-order valence-electron chi connectivity index (χ0n) is 18.4. The van der Waals surface area contributed by atoms with E-state index in [1.165, 1.54) is 4.31 Å². The molecule has 0 saturated carbocycles. The summed E-state index contributed by atoms with van der Waals surface area (Å²) in [5.74, 6) is 5.86. The van der Waals surface area contributed by atoms with Crippen LogP contribution in [0.3, 0.4) is 0 Å². The van der Waals surface area contributed by atoms with Crippen LogP contribution in [0.15, 0.2) is 53.4 Å². The molecule has 4 rings (SSSR count). The lowest BCUT2D eigenvalue weighted by atomic mass is 9.74. The van der Waals surface area contributed by atoms with Crippen molar-refractivity contribution in [2.45, 2.75) is 49.6 Å². The minimum atomic E-state index is -3.79. The zero-order chi connectivity index (χ0) is 22.9. The summed E-state index contributed by atoms with van der Waals surface area (Å²) in [7, 11) is -3.79. The molecule has 2 aromatic rings. The lowest BCUT2D eigenvalue weighted by Crippen LogP contribution is -2.73. The van der Waals surface area contributed by atoms with Crippen LogP contribution >= 0.6 is 0 Å². The molecule has 0 radical (unpaired) electrons. The summed E-state index contributed by atoms with van der Waals surface area (Å²) in [6.07, 6.45) is 1.86. The Morgan fingerprint density at radius 1 is 1.12 bits per heavy atom. The Hall–Kier alpha value is -2.66. The molecular weight excluding hydrogens is 424 g/mol. The van der Waals surface area contributed by atoms with Crippen LogP contribution in [0.25, 0.3) is 0 Å². The Morgan fingerprint density at radius 3 is 2.50 bits per heavy atom. The van der Waals surface area contributed by atoms with Crippen LogP contribution in [0.5, 0.6) is 0 Å². The van der Waals surface area contributed by atoms with Gasteiger partial charge in [0, 0.05) is 24.4 Å². The van der Waals surface area contributed by atoms with E-state index in [1.54, 1.807) is 36.1 Å². The average molecular weight is 453 g/mol. The molecular formula is C25H28N2O4S. The number of unbranched alkanes of at least 4 members (excludes halogenated alkanes) is 1. The molecule has 32 heavy (non-hydrogen) atoms. The number of carbonyl (C=O) groups excluding carboxylic acids is 1. The molecule has 0 bridgehead atoms. The first-order valence-corrected chi connectivity index (χ1v) is 12.4. The number of amides is 1. The van der Waals surface area contributed by atoms with Gasteiger partial charge in [0.2, 0.25) is 15.9 Å². The van der Waals surface area contributed by atoms with Gasteiger partial charge < -0.3 is 10.0 Å². The maximum absolute atomic E-state index is 13.3. The van der Waals surface area contributed by atoms with Crippen LogP contribution in [0, 0.1) is 18.8 Å². The van der Waals surface area contributed by atoms with Gasteiger partial charge in [-0.15, -0.1) is 0 Å². The van der Waals surface area contributed by atoms with Gasteiger partial charge in [0.25, 0.3) is 0 Å². The normalized spacial score (nSPS) is 23.2. The van der Waals surface area contributed by atoms with E-state index in [2.05, 4.69) is 18.8 Å². The van der Waals surface area contributed by atoms with Crippen LogP contribution in [0.1, 0.15) is 42.4 Å². The molecule has 2 aliphatic heterocycles. The Morgan fingerprint density at radius 2 is 1.84 bits per heavy atom. The summed E-state index contributed by atoms with van der Waals surface area (Å²) in [6.45, 7) is 3.69. The predicted molar refractivity (Wildman–Crippen MR) is 122 cm³/mol. The van der Waals surface area contributed by atoms with E-state index >= 15 is 0 Å². The highest BCUT2D eigenvalue weighted by atomic mass is 32.2. The number of carbonyl (C=O) groups is 1. The number of hydrogen-bond donors (Lipinski definition) is 1. The quantitative estimate of drug-likeness (QED) is 0.707. The number of aliphatic hydroxyl groups is 1. The third-order valence-electron chi connectivity index (χ3n) is 6.34. The Balaban J connectivity index is 1.60. The molecule has 2 aliphatic rings. The van der Waals surface area contributed by atoms with E-state index in [9.17, 15) is 18.3 Å². The van der Waals surface area contributed by atoms with E-state index in [0.29, 0.717) is 5.56 Å². The van der Waals surface area contributed by atoms with Gasteiger partial charge >= 0.3 is 0 Å². The number of benzene rings is 2. The third kappa shape index (κ3) is 3.95. The van der Waals surface area contributed by atoms with Crippen molar-refractivity contribution in [2.75, 3.05) is 19.7 Å². The maximum Gasteiger partial charge on any atom is 0.243 e. The first-order valence-electron chi connectivity index (χ1n) is 10.9. The fraction of sp³-hybridized carbons (Fsp3) is 0.400. The highest BCUT2D eigenvalue weighted by Gasteiger charge is 2.55. The Bertz CT molecular complexity index is 1160. The van der Waals surface area contributed by atoms with Gasteiger partial charge in [-0.1, -0.05) is 49.1 Å². The van der Waals surface area contributed by atoms with Gasteiger partial charge in [0.1, 0.15) is 0 Å². The van der Waals surface area contributed by atoms with E-state index < -0.39 is 10.0 Å². The van der Waals surface area contributed by atoms with Crippen LogP contribution < -0.4 is 0 Å². The number of hydrogen-bond acceptors (Lipinski definition) is 4. The van der Waals surface area contributed by atoms with Gasteiger partial charge in [-0.2, -0.15) is 4.31 Å².